The van der Waals surface area contributed by atoms with Gasteiger partial charge in [0.25, 0.3) is 0 Å². The summed E-state index contributed by atoms with van der Waals surface area (Å²) < 4.78 is 5.08. The second-order valence-electron chi connectivity index (χ2n) is 4.37. The van der Waals surface area contributed by atoms with E-state index >= 15 is 0 Å². The van der Waals surface area contributed by atoms with Gasteiger partial charge in [-0.1, -0.05) is 6.07 Å². The first-order chi connectivity index (χ1) is 8.19. The number of fused-ring (bicyclic) bond motifs is 1. The fourth-order valence-corrected chi connectivity index (χ4v) is 2.12. The van der Waals surface area contributed by atoms with Crippen LogP contribution in [-0.2, 0) is 22.6 Å². The minimum atomic E-state index is -0.0285. The number of nitrogens with one attached hydrogen (secondary N) is 1. The maximum Gasteiger partial charge on any atom is 0.221 e. The van der Waals surface area contributed by atoms with Gasteiger partial charge in [0.2, 0.25) is 5.91 Å². The molecular weight excluding hydrogens is 216 g/mol. The molecular formula is C13H18N2O2. The molecule has 1 aromatic carbocycles. The van der Waals surface area contributed by atoms with Crippen LogP contribution in [0.15, 0.2) is 18.2 Å². The Morgan fingerprint density at radius 3 is 2.88 bits per heavy atom. The standard InChI is InChI=1S/C13H18N2O2/c1-10(16)14-13-4-3-11-8-15(5-6-17-2)9-12(11)7-13/h3-4,7H,5-6,8-9H2,1-2H3,(H,14,16). The number of nitrogens with zero attached hydrogens (tertiary/aromatic N) is 1. The summed E-state index contributed by atoms with van der Waals surface area (Å²) in [6.45, 7) is 5.14. The van der Waals surface area contributed by atoms with Gasteiger partial charge < -0.3 is 10.1 Å². The molecule has 0 fully saturated rings. The largest absolute Gasteiger partial charge is 0.383 e. The molecule has 4 heteroatoms. The van der Waals surface area contributed by atoms with Crippen molar-refractivity contribution in [3.63, 3.8) is 0 Å². The molecule has 1 N–H and O–H groups in total. The Morgan fingerprint density at radius 1 is 1.41 bits per heavy atom. The lowest BCUT2D eigenvalue weighted by atomic mass is 10.1. The molecule has 0 bridgehead atoms. The highest BCUT2D eigenvalue weighted by Gasteiger charge is 2.18. The Hall–Kier alpha value is -1.39. The quantitative estimate of drug-likeness (QED) is 0.860. The molecule has 0 radical (unpaired) electrons. The van der Waals surface area contributed by atoms with Crippen molar-refractivity contribution < 1.29 is 9.53 Å². The predicted molar refractivity (Wildman–Crippen MR) is 66.7 cm³/mol. The minimum Gasteiger partial charge on any atom is -0.383 e. The van der Waals surface area contributed by atoms with Gasteiger partial charge in [-0.15, -0.1) is 0 Å². The van der Waals surface area contributed by atoms with Crippen molar-refractivity contribution in [2.24, 2.45) is 0 Å². The molecule has 1 heterocycles. The Morgan fingerprint density at radius 2 is 2.18 bits per heavy atom. The zero-order valence-electron chi connectivity index (χ0n) is 10.3. The molecule has 0 saturated carbocycles. The van der Waals surface area contributed by atoms with Crippen molar-refractivity contribution in [3.8, 4) is 0 Å². The van der Waals surface area contributed by atoms with Gasteiger partial charge in [-0.2, -0.15) is 0 Å². The molecule has 92 valence electrons. The van der Waals surface area contributed by atoms with Crippen molar-refractivity contribution in [1.82, 2.24) is 4.90 Å². The van der Waals surface area contributed by atoms with Gasteiger partial charge in [0.1, 0.15) is 0 Å². The summed E-state index contributed by atoms with van der Waals surface area (Å²) in [5.41, 5.74) is 3.52. The molecule has 1 amide bonds. The Labute approximate surface area is 102 Å². The fourth-order valence-electron chi connectivity index (χ4n) is 2.12. The van der Waals surface area contributed by atoms with Crippen molar-refractivity contribution >= 4 is 11.6 Å². The fraction of sp³-hybridized carbons (Fsp3) is 0.462. The molecule has 0 aromatic heterocycles. The van der Waals surface area contributed by atoms with Crippen molar-refractivity contribution in [3.05, 3.63) is 29.3 Å². The van der Waals surface area contributed by atoms with Gasteiger partial charge in [0.15, 0.2) is 0 Å². The van der Waals surface area contributed by atoms with Crippen LogP contribution >= 0.6 is 0 Å². The highest BCUT2D eigenvalue weighted by molar-refractivity contribution is 5.88. The second kappa shape index (κ2) is 5.29. The van der Waals surface area contributed by atoms with Gasteiger partial charge in [-0.05, 0) is 23.3 Å². The van der Waals surface area contributed by atoms with E-state index in [9.17, 15) is 4.79 Å². The van der Waals surface area contributed by atoms with E-state index in [1.165, 1.54) is 18.1 Å². The smallest absolute Gasteiger partial charge is 0.221 e. The van der Waals surface area contributed by atoms with Gasteiger partial charge in [0, 0.05) is 39.4 Å². The number of hydrogen-bond acceptors (Lipinski definition) is 3. The first-order valence-electron chi connectivity index (χ1n) is 5.79. The van der Waals surface area contributed by atoms with E-state index in [-0.39, 0.29) is 5.91 Å². The Bertz CT molecular complexity index is 418. The van der Waals surface area contributed by atoms with Crippen LogP contribution in [0.5, 0.6) is 0 Å². The molecule has 2 rings (SSSR count). The molecule has 1 aliphatic rings. The zero-order chi connectivity index (χ0) is 12.3. The summed E-state index contributed by atoms with van der Waals surface area (Å²) in [6.07, 6.45) is 0. The van der Waals surface area contributed by atoms with Crippen LogP contribution in [0, 0.1) is 0 Å². The van der Waals surface area contributed by atoms with E-state index < -0.39 is 0 Å². The summed E-state index contributed by atoms with van der Waals surface area (Å²) in [6, 6.07) is 6.11. The van der Waals surface area contributed by atoms with Gasteiger partial charge in [-0.25, -0.2) is 0 Å². The lowest BCUT2D eigenvalue weighted by Crippen LogP contribution is -2.21. The second-order valence-corrected chi connectivity index (χ2v) is 4.37. The van der Waals surface area contributed by atoms with E-state index in [2.05, 4.69) is 22.3 Å². The van der Waals surface area contributed by atoms with E-state index in [4.69, 9.17) is 4.74 Å². The third-order valence-corrected chi connectivity index (χ3v) is 2.93. The van der Waals surface area contributed by atoms with Gasteiger partial charge in [0.05, 0.1) is 6.61 Å². The number of amides is 1. The number of anilines is 1. The summed E-state index contributed by atoms with van der Waals surface area (Å²) in [5, 5.41) is 2.81. The molecule has 4 nitrogen and oxygen atoms in total. The number of hydrogen-bond donors (Lipinski definition) is 1. The van der Waals surface area contributed by atoms with Crippen molar-refractivity contribution in [2.45, 2.75) is 20.0 Å². The molecule has 0 spiro atoms. The van der Waals surface area contributed by atoms with Crippen molar-refractivity contribution in [1.29, 1.82) is 0 Å². The number of benzene rings is 1. The van der Waals surface area contributed by atoms with E-state index in [0.717, 1.165) is 31.9 Å². The summed E-state index contributed by atoms with van der Waals surface area (Å²) in [7, 11) is 1.72. The maximum absolute atomic E-state index is 11.0. The van der Waals surface area contributed by atoms with E-state index in [1.54, 1.807) is 7.11 Å². The third-order valence-electron chi connectivity index (χ3n) is 2.93. The lowest BCUT2D eigenvalue weighted by molar-refractivity contribution is -0.114. The van der Waals surface area contributed by atoms with Crippen LogP contribution in [0.1, 0.15) is 18.1 Å². The topological polar surface area (TPSA) is 41.6 Å². The number of carbonyl (C=O) groups is 1. The lowest BCUT2D eigenvalue weighted by Gasteiger charge is -2.13. The molecule has 0 unspecified atom stereocenters. The molecule has 17 heavy (non-hydrogen) atoms. The molecule has 0 aliphatic carbocycles. The monoisotopic (exact) mass is 234 g/mol. The van der Waals surface area contributed by atoms with Gasteiger partial charge in [-0.3, -0.25) is 9.69 Å². The van der Waals surface area contributed by atoms with Crippen LogP contribution < -0.4 is 5.32 Å². The number of rotatable bonds is 4. The van der Waals surface area contributed by atoms with Gasteiger partial charge >= 0.3 is 0 Å². The normalized spacial score (nSPS) is 14.7. The molecule has 1 aromatic rings. The number of ether oxygens (including phenoxy) is 1. The van der Waals surface area contributed by atoms with Crippen molar-refractivity contribution in [2.75, 3.05) is 25.6 Å². The third kappa shape index (κ3) is 3.05. The molecule has 0 atom stereocenters. The zero-order valence-corrected chi connectivity index (χ0v) is 10.3. The first kappa shape index (κ1) is 12.1. The van der Waals surface area contributed by atoms with Crippen LogP contribution in [0.25, 0.3) is 0 Å². The predicted octanol–water partition coefficient (Wildman–Crippen LogP) is 1.61. The van der Waals surface area contributed by atoms with Crippen LogP contribution in [0.2, 0.25) is 0 Å². The van der Waals surface area contributed by atoms with Crippen LogP contribution in [0.3, 0.4) is 0 Å². The Kier molecular flexibility index (Phi) is 3.76. The minimum absolute atomic E-state index is 0.0285. The van der Waals surface area contributed by atoms with Crippen LogP contribution in [0.4, 0.5) is 5.69 Å². The number of methoxy groups -OCH3 is 1. The summed E-state index contributed by atoms with van der Waals surface area (Å²) >= 11 is 0. The maximum atomic E-state index is 11.0. The Balaban J connectivity index is 2.03. The number of carbonyl (C=O) groups excluding carboxylic acids is 1. The van der Waals surface area contributed by atoms with Crippen LogP contribution in [-0.4, -0.2) is 31.1 Å². The summed E-state index contributed by atoms with van der Waals surface area (Å²) in [4.78, 5) is 13.3. The SMILES string of the molecule is COCCN1Cc2ccc(NC(C)=O)cc2C1. The average Bonchev–Trinajstić information content (AvgIpc) is 2.67. The summed E-state index contributed by atoms with van der Waals surface area (Å²) in [5.74, 6) is -0.0285. The van der Waals surface area contributed by atoms with E-state index in [0.29, 0.717) is 0 Å². The highest BCUT2D eigenvalue weighted by atomic mass is 16.5. The molecule has 1 aliphatic heterocycles. The first-order valence-corrected chi connectivity index (χ1v) is 5.79. The molecule has 0 saturated heterocycles. The average molecular weight is 234 g/mol. The van der Waals surface area contributed by atoms with E-state index in [1.807, 2.05) is 6.07 Å². The highest BCUT2D eigenvalue weighted by Crippen LogP contribution is 2.25.